The predicted octanol–water partition coefficient (Wildman–Crippen LogP) is 5.69. The van der Waals surface area contributed by atoms with Crippen LogP contribution in [0.1, 0.15) is 22.3 Å². The Labute approximate surface area is 253 Å². The highest BCUT2D eigenvalue weighted by Gasteiger charge is 2.49. The van der Waals surface area contributed by atoms with Crippen LogP contribution in [0.5, 0.6) is 0 Å². The van der Waals surface area contributed by atoms with Crippen LogP contribution in [0.25, 0.3) is 0 Å². The normalized spacial score (nSPS) is 24.0. The molecule has 0 spiro atoms. The fourth-order valence-electron chi connectivity index (χ4n) is 5.16. The molecule has 0 unspecified atom stereocenters. The molecule has 1 saturated heterocycles. The van der Waals surface area contributed by atoms with Gasteiger partial charge < -0.3 is 33.5 Å². The van der Waals surface area contributed by atoms with E-state index in [1.165, 1.54) is 7.11 Å². The molecule has 7 nitrogen and oxygen atoms in total. The van der Waals surface area contributed by atoms with Gasteiger partial charge in [0, 0.05) is 7.11 Å². The number of aliphatic hydroxyl groups excluding tert-OH is 1. The number of hydrogen-bond donors (Lipinski definition) is 1. The Morgan fingerprint density at radius 1 is 0.535 bits per heavy atom. The minimum atomic E-state index is -1.16. The van der Waals surface area contributed by atoms with Crippen molar-refractivity contribution in [1.82, 2.24) is 0 Å². The van der Waals surface area contributed by atoms with Gasteiger partial charge in [-0.25, -0.2) is 0 Å². The van der Waals surface area contributed by atoms with Crippen molar-refractivity contribution >= 4 is 0 Å². The van der Waals surface area contributed by atoms with Gasteiger partial charge >= 0.3 is 0 Å². The van der Waals surface area contributed by atoms with E-state index in [0.717, 1.165) is 22.3 Å². The number of methoxy groups -OCH3 is 1. The van der Waals surface area contributed by atoms with Gasteiger partial charge in [0.25, 0.3) is 0 Å². The molecule has 5 rings (SSSR count). The second kappa shape index (κ2) is 16.4. The average Bonchev–Trinajstić information content (AvgIpc) is 3.17. The third-order valence-corrected chi connectivity index (χ3v) is 7.42. The molecule has 226 valence electrons. The van der Waals surface area contributed by atoms with Crippen LogP contribution in [0.3, 0.4) is 0 Å². The van der Waals surface area contributed by atoms with Crippen LogP contribution in [0.15, 0.2) is 121 Å². The van der Waals surface area contributed by atoms with E-state index in [4.69, 9.17) is 28.4 Å². The highest BCUT2D eigenvalue weighted by atomic mass is 16.7. The van der Waals surface area contributed by atoms with E-state index in [0.29, 0.717) is 19.8 Å². The first-order valence-electron chi connectivity index (χ1n) is 14.7. The van der Waals surface area contributed by atoms with E-state index < -0.39 is 36.8 Å². The van der Waals surface area contributed by atoms with Crippen LogP contribution in [0.4, 0.5) is 0 Å². The maximum atomic E-state index is 11.6. The molecule has 1 aliphatic rings. The maximum Gasteiger partial charge on any atom is 0.186 e. The summed E-state index contributed by atoms with van der Waals surface area (Å²) in [5.74, 6) is 0. The lowest BCUT2D eigenvalue weighted by atomic mass is 9.99. The molecule has 4 aromatic carbocycles. The molecular weight excluding hydrogens is 544 g/mol. The monoisotopic (exact) mass is 584 g/mol. The number of rotatable bonds is 14. The van der Waals surface area contributed by atoms with Crippen molar-refractivity contribution in [2.45, 2.75) is 63.2 Å². The molecule has 4 aromatic rings. The topological polar surface area (TPSA) is 75.6 Å². The van der Waals surface area contributed by atoms with Crippen molar-refractivity contribution in [3.8, 4) is 0 Å². The lowest BCUT2D eigenvalue weighted by Gasteiger charge is -2.35. The third-order valence-electron chi connectivity index (χ3n) is 7.42. The quantitative estimate of drug-likeness (QED) is 0.204. The molecule has 6 atom stereocenters. The van der Waals surface area contributed by atoms with Crippen LogP contribution in [-0.2, 0) is 54.8 Å². The standard InChI is InChI=1S/C36H40O7/c1-38-36-32(37)34(41-24-29-18-10-4-11-19-29)35(42-25-30-20-12-5-13-21-30)33(40-23-28-16-8-3-9-17-28)31(43-36)26-39-22-27-14-6-2-7-15-27/h2-21,31-37H,22-26H2,1H3/t31-,32+,33-,34+,35+,36+/m1/s1. The van der Waals surface area contributed by atoms with Gasteiger partial charge in [-0.2, -0.15) is 0 Å². The zero-order valence-electron chi connectivity index (χ0n) is 24.4. The van der Waals surface area contributed by atoms with Crippen molar-refractivity contribution in [2.24, 2.45) is 0 Å². The van der Waals surface area contributed by atoms with E-state index in [1.807, 2.05) is 121 Å². The lowest BCUT2D eigenvalue weighted by Crippen LogP contribution is -2.51. The second-order valence-corrected chi connectivity index (χ2v) is 10.6. The molecule has 1 aliphatic heterocycles. The van der Waals surface area contributed by atoms with Gasteiger partial charge in [-0.05, 0) is 22.3 Å². The Balaban J connectivity index is 1.44. The zero-order chi connectivity index (χ0) is 29.7. The van der Waals surface area contributed by atoms with Crippen molar-refractivity contribution in [1.29, 1.82) is 0 Å². The SMILES string of the molecule is CO[C@H]1O[C@H](COCc2ccccc2)[C@@H](OCc2ccccc2)[C@H](OCc2ccccc2)[C@@H](OCc2ccccc2)[C@@H]1O. The Bertz CT molecular complexity index is 1310. The minimum absolute atomic E-state index is 0.192. The van der Waals surface area contributed by atoms with Crippen molar-refractivity contribution in [3.05, 3.63) is 144 Å². The molecule has 1 fully saturated rings. The Morgan fingerprint density at radius 2 is 0.930 bits per heavy atom. The maximum absolute atomic E-state index is 11.6. The fraction of sp³-hybridized carbons (Fsp3) is 0.333. The van der Waals surface area contributed by atoms with E-state index in [1.54, 1.807) is 0 Å². The molecular formula is C36H40O7. The van der Waals surface area contributed by atoms with Gasteiger partial charge in [-0.3, -0.25) is 0 Å². The van der Waals surface area contributed by atoms with E-state index >= 15 is 0 Å². The fourth-order valence-corrected chi connectivity index (χ4v) is 5.16. The summed E-state index contributed by atoms with van der Waals surface area (Å²) >= 11 is 0. The molecule has 0 aliphatic carbocycles. The second-order valence-electron chi connectivity index (χ2n) is 10.6. The summed E-state index contributed by atoms with van der Waals surface area (Å²) in [5, 5.41) is 11.6. The van der Waals surface area contributed by atoms with Gasteiger partial charge in [-0.15, -0.1) is 0 Å². The third kappa shape index (κ3) is 9.05. The molecule has 0 bridgehead atoms. The first-order valence-corrected chi connectivity index (χ1v) is 14.7. The molecule has 0 amide bonds. The molecule has 1 N–H and O–H groups in total. The summed E-state index contributed by atoms with van der Waals surface area (Å²) in [4.78, 5) is 0. The summed E-state index contributed by atoms with van der Waals surface area (Å²) in [6.07, 6.45) is -4.97. The largest absolute Gasteiger partial charge is 0.385 e. The van der Waals surface area contributed by atoms with Crippen molar-refractivity contribution in [3.63, 3.8) is 0 Å². The molecule has 0 saturated carbocycles. The number of benzene rings is 4. The highest BCUT2D eigenvalue weighted by Crippen LogP contribution is 2.30. The van der Waals surface area contributed by atoms with Crippen LogP contribution < -0.4 is 0 Å². The Morgan fingerprint density at radius 3 is 1.37 bits per heavy atom. The zero-order valence-corrected chi connectivity index (χ0v) is 24.4. The summed E-state index contributed by atoms with van der Waals surface area (Å²) in [6.45, 7) is 1.47. The summed E-state index contributed by atoms with van der Waals surface area (Å²) in [6, 6.07) is 39.6. The Kier molecular flexibility index (Phi) is 11.9. The highest BCUT2D eigenvalue weighted by molar-refractivity contribution is 5.16. The number of aliphatic hydroxyl groups is 1. The summed E-state index contributed by atoms with van der Waals surface area (Å²) < 4.78 is 37.9. The Hall–Kier alpha value is -3.40. The number of ether oxygens (including phenoxy) is 6. The van der Waals surface area contributed by atoms with Crippen LogP contribution in [-0.4, -0.2) is 55.6 Å². The molecule has 43 heavy (non-hydrogen) atoms. The predicted molar refractivity (Wildman–Crippen MR) is 163 cm³/mol. The van der Waals surface area contributed by atoms with Crippen molar-refractivity contribution in [2.75, 3.05) is 13.7 Å². The number of hydrogen-bond acceptors (Lipinski definition) is 7. The first-order chi connectivity index (χ1) is 21.2. The van der Waals surface area contributed by atoms with Crippen molar-refractivity contribution < 1.29 is 33.5 Å². The van der Waals surface area contributed by atoms with Gasteiger partial charge in [0.15, 0.2) is 6.29 Å². The molecule has 0 aromatic heterocycles. The van der Waals surface area contributed by atoms with Gasteiger partial charge in [0.2, 0.25) is 0 Å². The van der Waals surface area contributed by atoms with E-state index in [-0.39, 0.29) is 13.2 Å². The van der Waals surface area contributed by atoms with Gasteiger partial charge in [-0.1, -0.05) is 121 Å². The van der Waals surface area contributed by atoms with Crippen LogP contribution >= 0.6 is 0 Å². The van der Waals surface area contributed by atoms with Gasteiger partial charge in [0.1, 0.15) is 30.5 Å². The smallest absolute Gasteiger partial charge is 0.186 e. The average molecular weight is 585 g/mol. The summed E-state index contributed by atoms with van der Waals surface area (Å²) in [7, 11) is 1.51. The molecule has 1 heterocycles. The molecule has 7 heteroatoms. The minimum Gasteiger partial charge on any atom is -0.385 e. The first kappa shape index (κ1) is 31.0. The van der Waals surface area contributed by atoms with Gasteiger partial charge in [0.05, 0.1) is 33.0 Å². The molecule has 0 radical (unpaired) electrons. The van der Waals surface area contributed by atoms with Crippen LogP contribution in [0, 0.1) is 0 Å². The van der Waals surface area contributed by atoms with Crippen LogP contribution in [0.2, 0.25) is 0 Å². The lowest BCUT2D eigenvalue weighted by molar-refractivity contribution is -0.231. The van der Waals surface area contributed by atoms with E-state index in [9.17, 15) is 5.11 Å². The van der Waals surface area contributed by atoms with E-state index in [2.05, 4.69) is 0 Å². The summed E-state index contributed by atoms with van der Waals surface area (Å²) in [5.41, 5.74) is 4.01.